The summed E-state index contributed by atoms with van der Waals surface area (Å²) in [6.45, 7) is 2.82. The normalized spacial score (nSPS) is 15.2. The van der Waals surface area contributed by atoms with Crippen molar-refractivity contribution in [3.05, 3.63) is 106 Å². The van der Waals surface area contributed by atoms with Crippen molar-refractivity contribution in [2.75, 3.05) is 13.1 Å². The van der Waals surface area contributed by atoms with Crippen LogP contribution in [0, 0.1) is 12.7 Å². The van der Waals surface area contributed by atoms with Gasteiger partial charge in [-0.3, -0.25) is 14.4 Å². The van der Waals surface area contributed by atoms with Crippen molar-refractivity contribution in [1.82, 2.24) is 15.1 Å². The summed E-state index contributed by atoms with van der Waals surface area (Å²) in [5.74, 6) is -1.92. The monoisotopic (exact) mass is 474 g/mol. The Morgan fingerprint density at radius 2 is 1.51 bits per heavy atom. The number of aryl methyl sites for hydroxylation is 1. The SMILES string of the molecule is Cc1ccc(C(=O)N2CCN(C(=O)c3cccc(F)c3)C2C(=O)NCc2cccc(CN)c2)cc1. The van der Waals surface area contributed by atoms with E-state index >= 15 is 0 Å². The standard InChI is InChI=1S/C27H27FN4O3/c1-18-8-10-21(11-9-18)26(34)31-12-13-32(27(35)22-6-3-7-23(28)15-22)25(31)24(33)30-17-20-5-2-4-19(14-20)16-29/h2-11,14-15,25H,12-13,16-17,29H2,1H3,(H,30,33). The van der Waals surface area contributed by atoms with Crippen LogP contribution in [0.5, 0.6) is 0 Å². The summed E-state index contributed by atoms with van der Waals surface area (Å²) < 4.78 is 13.8. The van der Waals surface area contributed by atoms with Gasteiger partial charge in [0.15, 0.2) is 6.17 Å². The molecule has 3 N–H and O–H groups in total. The van der Waals surface area contributed by atoms with E-state index in [9.17, 15) is 18.8 Å². The van der Waals surface area contributed by atoms with Gasteiger partial charge in [0.1, 0.15) is 5.82 Å². The maximum Gasteiger partial charge on any atom is 0.264 e. The lowest BCUT2D eigenvalue weighted by Crippen LogP contribution is -2.53. The highest BCUT2D eigenvalue weighted by Gasteiger charge is 2.43. The van der Waals surface area contributed by atoms with Crippen LogP contribution < -0.4 is 11.1 Å². The number of nitrogens with one attached hydrogen (secondary N) is 1. The van der Waals surface area contributed by atoms with Gasteiger partial charge in [-0.05, 0) is 48.4 Å². The molecule has 4 rings (SSSR count). The highest BCUT2D eigenvalue weighted by molar-refractivity contribution is 6.02. The molecule has 0 aromatic heterocycles. The van der Waals surface area contributed by atoms with E-state index < -0.39 is 23.8 Å². The number of hydrogen-bond acceptors (Lipinski definition) is 4. The number of carbonyl (C=O) groups is 3. The Bertz CT molecular complexity index is 1250. The summed E-state index contributed by atoms with van der Waals surface area (Å²) >= 11 is 0. The molecule has 0 spiro atoms. The lowest BCUT2D eigenvalue weighted by molar-refractivity contribution is -0.128. The number of carbonyl (C=O) groups excluding carboxylic acids is 3. The van der Waals surface area contributed by atoms with Gasteiger partial charge in [-0.25, -0.2) is 4.39 Å². The molecular weight excluding hydrogens is 447 g/mol. The maximum absolute atomic E-state index is 13.8. The average Bonchev–Trinajstić information content (AvgIpc) is 3.32. The molecule has 1 atom stereocenters. The number of hydrogen-bond donors (Lipinski definition) is 2. The summed E-state index contributed by atoms with van der Waals surface area (Å²) in [5.41, 5.74) is 9.01. The Balaban J connectivity index is 1.60. The summed E-state index contributed by atoms with van der Waals surface area (Å²) in [6.07, 6.45) is -1.17. The molecule has 35 heavy (non-hydrogen) atoms. The van der Waals surface area contributed by atoms with Gasteiger partial charge in [0.25, 0.3) is 17.7 Å². The first kappa shape index (κ1) is 24.1. The predicted molar refractivity (Wildman–Crippen MR) is 130 cm³/mol. The van der Waals surface area contributed by atoms with Crippen molar-refractivity contribution in [2.45, 2.75) is 26.2 Å². The fourth-order valence-corrected chi connectivity index (χ4v) is 4.13. The van der Waals surface area contributed by atoms with Crippen LogP contribution in [-0.2, 0) is 17.9 Å². The molecule has 1 unspecified atom stereocenters. The molecule has 0 radical (unpaired) electrons. The molecule has 1 saturated heterocycles. The molecule has 1 fully saturated rings. The van der Waals surface area contributed by atoms with Gasteiger partial charge in [0.2, 0.25) is 0 Å². The number of rotatable bonds is 6. The van der Waals surface area contributed by atoms with E-state index in [1.54, 1.807) is 12.1 Å². The van der Waals surface area contributed by atoms with E-state index in [1.165, 1.54) is 28.0 Å². The van der Waals surface area contributed by atoms with E-state index in [2.05, 4.69) is 5.32 Å². The molecule has 0 saturated carbocycles. The van der Waals surface area contributed by atoms with E-state index in [0.29, 0.717) is 12.1 Å². The number of amides is 3. The molecule has 0 bridgehead atoms. The molecule has 1 heterocycles. The zero-order chi connectivity index (χ0) is 24.9. The largest absolute Gasteiger partial charge is 0.349 e. The third kappa shape index (κ3) is 5.38. The minimum absolute atomic E-state index is 0.114. The van der Waals surface area contributed by atoms with Gasteiger partial charge in [0.05, 0.1) is 0 Å². The van der Waals surface area contributed by atoms with E-state index in [1.807, 2.05) is 43.3 Å². The fraction of sp³-hybridized carbons (Fsp3) is 0.222. The third-order valence-electron chi connectivity index (χ3n) is 5.99. The number of nitrogens with two attached hydrogens (primary N) is 1. The maximum atomic E-state index is 13.8. The molecule has 1 aliphatic heterocycles. The highest BCUT2D eigenvalue weighted by atomic mass is 19.1. The zero-order valence-corrected chi connectivity index (χ0v) is 19.4. The summed E-state index contributed by atoms with van der Waals surface area (Å²) in [5, 5.41) is 2.84. The van der Waals surface area contributed by atoms with E-state index in [0.717, 1.165) is 22.8 Å². The van der Waals surface area contributed by atoms with Gasteiger partial charge in [-0.1, -0.05) is 48.0 Å². The van der Waals surface area contributed by atoms with Crippen molar-refractivity contribution in [1.29, 1.82) is 0 Å². The molecule has 180 valence electrons. The second kappa shape index (κ2) is 10.5. The van der Waals surface area contributed by atoms with Crippen molar-refractivity contribution in [3.8, 4) is 0 Å². The Labute approximate surface area is 203 Å². The average molecular weight is 475 g/mol. The second-order valence-electron chi connectivity index (χ2n) is 8.49. The first-order chi connectivity index (χ1) is 16.9. The van der Waals surface area contributed by atoms with Crippen LogP contribution in [0.25, 0.3) is 0 Å². The van der Waals surface area contributed by atoms with Crippen molar-refractivity contribution in [3.63, 3.8) is 0 Å². The van der Waals surface area contributed by atoms with Crippen LogP contribution in [-0.4, -0.2) is 46.8 Å². The Morgan fingerprint density at radius 3 is 2.17 bits per heavy atom. The summed E-state index contributed by atoms with van der Waals surface area (Å²) in [4.78, 5) is 42.7. The van der Waals surface area contributed by atoms with Crippen LogP contribution in [0.4, 0.5) is 4.39 Å². The third-order valence-corrected chi connectivity index (χ3v) is 5.99. The molecule has 0 aliphatic carbocycles. The first-order valence-corrected chi connectivity index (χ1v) is 11.4. The Hall–Kier alpha value is -4.04. The van der Waals surface area contributed by atoms with Crippen molar-refractivity contribution < 1.29 is 18.8 Å². The van der Waals surface area contributed by atoms with Gasteiger partial charge in [-0.15, -0.1) is 0 Å². The fourth-order valence-electron chi connectivity index (χ4n) is 4.13. The number of nitrogens with zero attached hydrogens (tertiary/aromatic N) is 2. The van der Waals surface area contributed by atoms with Crippen LogP contribution in [0.3, 0.4) is 0 Å². The smallest absolute Gasteiger partial charge is 0.264 e. The van der Waals surface area contributed by atoms with Crippen molar-refractivity contribution in [2.24, 2.45) is 5.73 Å². The van der Waals surface area contributed by atoms with Gasteiger partial charge < -0.3 is 20.9 Å². The van der Waals surface area contributed by atoms with E-state index in [4.69, 9.17) is 5.73 Å². The van der Waals surface area contributed by atoms with Gasteiger partial charge in [-0.2, -0.15) is 0 Å². The van der Waals surface area contributed by atoms with Crippen LogP contribution >= 0.6 is 0 Å². The lowest BCUT2D eigenvalue weighted by atomic mass is 10.1. The number of benzene rings is 3. The molecular formula is C27H27FN4O3. The molecule has 3 aromatic rings. The lowest BCUT2D eigenvalue weighted by Gasteiger charge is -2.29. The van der Waals surface area contributed by atoms with Crippen molar-refractivity contribution >= 4 is 17.7 Å². The van der Waals surface area contributed by atoms with E-state index in [-0.39, 0.29) is 31.1 Å². The summed E-state index contributed by atoms with van der Waals surface area (Å²) in [7, 11) is 0. The second-order valence-corrected chi connectivity index (χ2v) is 8.49. The highest BCUT2D eigenvalue weighted by Crippen LogP contribution is 2.22. The Kier molecular flexibility index (Phi) is 7.22. The van der Waals surface area contributed by atoms with Crippen LogP contribution in [0.2, 0.25) is 0 Å². The molecule has 3 amide bonds. The minimum Gasteiger partial charge on any atom is -0.349 e. The van der Waals surface area contributed by atoms with Crippen LogP contribution in [0.15, 0.2) is 72.8 Å². The summed E-state index contributed by atoms with van der Waals surface area (Å²) in [6, 6.07) is 19.8. The first-order valence-electron chi connectivity index (χ1n) is 11.4. The quantitative estimate of drug-likeness (QED) is 0.574. The predicted octanol–water partition coefficient (Wildman–Crippen LogP) is 2.83. The van der Waals surface area contributed by atoms with Gasteiger partial charge in [0, 0.05) is 37.3 Å². The Morgan fingerprint density at radius 1 is 0.886 bits per heavy atom. The molecule has 8 heteroatoms. The molecule has 1 aliphatic rings. The molecule has 3 aromatic carbocycles. The minimum atomic E-state index is -1.17. The zero-order valence-electron chi connectivity index (χ0n) is 19.4. The van der Waals surface area contributed by atoms with Gasteiger partial charge >= 0.3 is 0 Å². The number of halogens is 1. The van der Waals surface area contributed by atoms with Crippen LogP contribution in [0.1, 0.15) is 37.4 Å². The molecule has 7 nitrogen and oxygen atoms in total. The topological polar surface area (TPSA) is 95.7 Å².